The van der Waals surface area contributed by atoms with E-state index in [1.165, 1.54) is 23.2 Å². The Balaban J connectivity index is 1.78. The monoisotopic (exact) mass is 344 g/mol. The normalized spacial score (nSPS) is 14.6. The van der Waals surface area contributed by atoms with E-state index in [0.717, 1.165) is 5.56 Å². The largest absolute Gasteiger partial charge is 0.448 e. The highest BCUT2D eigenvalue weighted by molar-refractivity contribution is 7.12. The summed E-state index contributed by atoms with van der Waals surface area (Å²) >= 11 is 1.27. The van der Waals surface area contributed by atoms with E-state index in [-0.39, 0.29) is 12.5 Å². The summed E-state index contributed by atoms with van der Waals surface area (Å²) in [6, 6.07) is 8.83. The molecule has 1 aliphatic heterocycles. The number of nitrogens with one attached hydrogen (secondary N) is 1. The van der Waals surface area contributed by atoms with Gasteiger partial charge in [-0.25, -0.2) is 4.79 Å². The average Bonchev–Trinajstić information content (AvgIpc) is 2.99. The maximum absolute atomic E-state index is 12.7. The lowest BCUT2D eigenvalue weighted by Gasteiger charge is -2.30. The number of hydrogen-bond acceptors (Lipinski definition) is 5. The number of rotatable bonds is 3. The SMILES string of the molecule is Cc1ccsc1C(=O)O[C@H](C)C(=O)N1CC(=O)Nc2ccccc21. The molecule has 1 N–H and O–H groups in total. The van der Waals surface area contributed by atoms with Crippen molar-refractivity contribution >= 4 is 40.5 Å². The van der Waals surface area contributed by atoms with Gasteiger partial charge in [-0.2, -0.15) is 0 Å². The number of esters is 1. The number of para-hydroxylation sites is 2. The van der Waals surface area contributed by atoms with Crippen LogP contribution in [0, 0.1) is 6.92 Å². The number of anilines is 2. The van der Waals surface area contributed by atoms with Crippen LogP contribution in [0.1, 0.15) is 22.2 Å². The molecule has 1 aliphatic rings. The first-order valence-corrected chi connectivity index (χ1v) is 8.30. The number of carbonyl (C=O) groups is 3. The molecule has 0 saturated carbocycles. The topological polar surface area (TPSA) is 75.7 Å². The first kappa shape index (κ1) is 16.2. The van der Waals surface area contributed by atoms with Crippen molar-refractivity contribution in [2.45, 2.75) is 20.0 Å². The van der Waals surface area contributed by atoms with Crippen molar-refractivity contribution in [3.05, 3.63) is 46.2 Å². The highest BCUT2D eigenvalue weighted by Gasteiger charge is 2.31. The van der Waals surface area contributed by atoms with Crippen molar-refractivity contribution < 1.29 is 19.1 Å². The summed E-state index contributed by atoms with van der Waals surface area (Å²) in [6.45, 7) is 3.22. The molecule has 2 heterocycles. The van der Waals surface area contributed by atoms with E-state index in [0.29, 0.717) is 16.3 Å². The van der Waals surface area contributed by atoms with Crippen molar-refractivity contribution in [3.63, 3.8) is 0 Å². The quantitative estimate of drug-likeness (QED) is 0.869. The van der Waals surface area contributed by atoms with Crippen LogP contribution < -0.4 is 10.2 Å². The van der Waals surface area contributed by atoms with Gasteiger partial charge in [0.25, 0.3) is 5.91 Å². The smallest absolute Gasteiger partial charge is 0.349 e. The minimum Gasteiger partial charge on any atom is -0.448 e. The molecule has 24 heavy (non-hydrogen) atoms. The Morgan fingerprint density at radius 2 is 2.04 bits per heavy atom. The molecular weight excluding hydrogens is 328 g/mol. The van der Waals surface area contributed by atoms with Crippen molar-refractivity contribution in [2.75, 3.05) is 16.8 Å². The third-order valence-electron chi connectivity index (χ3n) is 3.72. The van der Waals surface area contributed by atoms with Crippen LogP contribution in [-0.2, 0) is 14.3 Å². The Kier molecular flexibility index (Phi) is 4.35. The molecule has 7 heteroatoms. The molecule has 0 fully saturated rings. The van der Waals surface area contributed by atoms with Crippen LogP contribution >= 0.6 is 11.3 Å². The second kappa shape index (κ2) is 6.45. The molecule has 124 valence electrons. The molecule has 0 saturated heterocycles. The molecule has 6 nitrogen and oxygen atoms in total. The van der Waals surface area contributed by atoms with Crippen molar-refractivity contribution in [1.29, 1.82) is 0 Å². The van der Waals surface area contributed by atoms with Gasteiger partial charge in [-0.1, -0.05) is 12.1 Å². The zero-order valence-corrected chi connectivity index (χ0v) is 14.1. The predicted molar refractivity (Wildman–Crippen MR) is 91.4 cm³/mol. The summed E-state index contributed by atoms with van der Waals surface area (Å²) in [5, 5.41) is 4.51. The van der Waals surface area contributed by atoms with Crippen LogP contribution in [0.25, 0.3) is 0 Å². The van der Waals surface area contributed by atoms with Crippen molar-refractivity contribution in [1.82, 2.24) is 0 Å². The molecule has 0 spiro atoms. The minimum atomic E-state index is -0.988. The highest BCUT2D eigenvalue weighted by Crippen LogP contribution is 2.29. The first-order chi connectivity index (χ1) is 11.5. The minimum absolute atomic E-state index is 0.101. The summed E-state index contributed by atoms with van der Waals surface area (Å²) in [7, 11) is 0. The van der Waals surface area contributed by atoms with E-state index >= 15 is 0 Å². The van der Waals surface area contributed by atoms with Crippen LogP contribution in [-0.4, -0.2) is 30.4 Å². The standard InChI is InChI=1S/C17H16N2O4S/c1-10-7-8-24-15(10)17(22)23-11(2)16(21)19-9-14(20)18-12-5-3-4-6-13(12)19/h3-8,11H,9H2,1-2H3,(H,18,20)/t11-/m1/s1. The van der Waals surface area contributed by atoms with Gasteiger partial charge in [0.15, 0.2) is 6.10 Å². The molecule has 1 atom stereocenters. The van der Waals surface area contributed by atoms with Gasteiger partial charge in [0.05, 0.1) is 11.4 Å². The van der Waals surface area contributed by atoms with Gasteiger partial charge in [-0.05, 0) is 43.0 Å². The number of thiophene rings is 1. The van der Waals surface area contributed by atoms with E-state index in [1.807, 2.05) is 13.0 Å². The molecular formula is C17H16N2O4S. The third kappa shape index (κ3) is 3.03. The van der Waals surface area contributed by atoms with Crippen molar-refractivity contribution in [2.24, 2.45) is 0 Å². The number of benzene rings is 1. The molecule has 1 aromatic heterocycles. The van der Waals surface area contributed by atoms with Crippen LogP contribution in [0.2, 0.25) is 0 Å². The Labute approximate surface area is 143 Å². The predicted octanol–water partition coefficient (Wildman–Crippen LogP) is 2.59. The van der Waals surface area contributed by atoms with Gasteiger partial charge >= 0.3 is 5.97 Å². The Hall–Kier alpha value is -2.67. The Morgan fingerprint density at radius 3 is 2.75 bits per heavy atom. The van der Waals surface area contributed by atoms with E-state index < -0.39 is 18.0 Å². The summed E-state index contributed by atoms with van der Waals surface area (Å²) in [5.74, 6) is -1.24. The van der Waals surface area contributed by atoms with Gasteiger partial charge in [-0.15, -0.1) is 11.3 Å². The molecule has 0 radical (unpaired) electrons. The number of aryl methyl sites for hydroxylation is 1. The van der Waals surface area contributed by atoms with E-state index in [1.54, 1.807) is 29.6 Å². The summed E-state index contributed by atoms with van der Waals surface area (Å²) in [6.07, 6.45) is -0.988. The average molecular weight is 344 g/mol. The first-order valence-electron chi connectivity index (χ1n) is 7.42. The number of carbonyl (C=O) groups excluding carboxylic acids is 3. The highest BCUT2D eigenvalue weighted by atomic mass is 32.1. The molecule has 2 aromatic rings. The van der Waals surface area contributed by atoms with Gasteiger partial charge in [-0.3, -0.25) is 14.5 Å². The Bertz CT molecular complexity index is 814. The zero-order chi connectivity index (χ0) is 17.3. The van der Waals surface area contributed by atoms with E-state index in [2.05, 4.69) is 5.32 Å². The van der Waals surface area contributed by atoms with Crippen LogP contribution in [0.5, 0.6) is 0 Å². The lowest BCUT2D eigenvalue weighted by atomic mass is 10.1. The van der Waals surface area contributed by atoms with Crippen LogP contribution in [0.3, 0.4) is 0 Å². The fraction of sp³-hybridized carbons (Fsp3) is 0.235. The lowest BCUT2D eigenvalue weighted by Crippen LogP contribution is -2.47. The third-order valence-corrected chi connectivity index (χ3v) is 4.71. The van der Waals surface area contributed by atoms with Gasteiger partial charge in [0.2, 0.25) is 5.91 Å². The number of ether oxygens (including phenoxy) is 1. The van der Waals surface area contributed by atoms with Crippen LogP contribution in [0.15, 0.2) is 35.7 Å². The molecule has 1 aromatic carbocycles. The zero-order valence-electron chi connectivity index (χ0n) is 13.2. The molecule has 0 aliphatic carbocycles. The molecule has 3 rings (SSSR count). The summed E-state index contributed by atoms with van der Waals surface area (Å²) in [4.78, 5) is 38.5. The molecule has 2 amide bonds. The summed E-state index contributed by atoms with van der Waals surface area (Å²) in [5.41, 5.74) is 1.97. The maximum atomic E-state index is 12.7. The van der Waals surface area contributed by atoms with Gasteiger partial charge in [0.1, 0.15) is 11.4 Å². The molecule has 0 unspecified atom stereocenters. The second-order valence-corrected chi connectivity index (χ2v) is 6.39. The van der Waals surface area contributed by atoms with Crippen LogP contribution in [0.4, 0.5) is 11.4 Å². The fourth-order valence-electron chi connectivity index (χ4n) is 2.50. The second-order valence-electron chi connectivity index (χ2n) is 5.47. The number of nitrogens with zero attached hydrogens (tertiary/aromatic N) is 1. The summed E-state index contributed by atoms with van der Waals surface area (Å²) < 4.78 is 5.29. The fourth-order valence-corrected chi connectivity index (χ4v) is 3.30. The Morgan fingerprint density at radius 1 is 1.29 bits per heavy atom. The number of hydrogen-bond donors (Lipinski definition) is 1. The number of fused-ring (bicyclic) bond motifs is 1. The lowest BCUT2D eigenvalue weighted by molar-refractivity contribution is -0.128. The maximum Gasteiger partial charge on any atom is 0.349 e. The van der Waals surface area contributed by atoms with E-state index in [4.69, 9.17) is 4.74 Å². The molecule has 0 bridgehead atoms. The van der Waals surface area contributed by atoms with Gasteiger partial charge < -0.3 is 10.1 Å². The van der Waals surface area contributed by atoms with Gasteiger partial charge in [0, 0.05) is 0 Å². The van der Waals surface area contributed by atoms with Crippen molar-refractivity contribution in [3.8, 4) is 0 Å². The van der Waals surface area contributed by atoms with E-state index in [9.17, 15) is 14.4 Å². The number of amides is 2.